The Hall–Kier alpha value is -3.90. The van der Waals surface area contributed by atoms with Crippen molar-refractivity contribution in [1.82, 2.24) is 9.88 Å². The number of nitrogens with two attached hydrogens (primary N) is 1. The molecule has 3 aromatic rings. The van der Waals surface area contributed by atoms with E-state index in [1.165, 1.54) is 34.5 Å². The first kappa shape index (κ1) is 36.6. The van der Waals surface area contributed by atoms with Gasteiger partial charge in [0.05, 0.1) is 11.4 Å². The summed E-state index contributed by atoms with van der Waals surface area (Å²) in [7, 11) is 0. The number of carbonyl (C=O) groups is 1. The van der Waals surface area contributed by atoms with E-state index in [1.807, 2.05) is 49.2 Å². The molecule has 6 heteroatoms. The van der Waals surface area contributed by atoms with Crippen LogP contribution in [0.25, 0.3) is 6.08 Å². The molecule has 2 unspecified atom stereocenters. The van der Waals surface area contributed by atoms with Crippen LogP contribution < -0.4 is 16.0 Å². The Morgan fingerprint density at radius 2 is 1.83 bits per heavy atom. The highest BCUT2D eigenvalue weighted by atomic mass is 16.2. The van der Waals surface area contributed by atoms with Crippen LogP contribution in [0, 0.1) is 19.8 Å². The Kier molecular flexibility index (Phi) is 14.5. The van der Waals surface area contributed by atoms with Crippen molar-refractivity contribution in [2.24, 2.45) is 11.7 Å². The number of pyridine rings is 1. The molecule has 46 heavy (non-hydrogen) atoms. The molecule has 1 saturated heterocycles. The molecule has 3 heterocycles. The minimum absolute atomic E-state index is 0.0790. The average Bonchev–Trinajstić information content (AvgIpc) is 3.07. The quantitative estimate of drug-likeness (QED) is 0.257. The van der Waals surface area contributed by atoms with Gasteiger partial charge in [-0.15, -0.1) is 0 Å². The third kappa shape index (κ3) is 9.80. The maximum Gasteiger partial charge on any atom is 0.253 e. The van der Waals surface area contributed by atoms with Crippen LogP contribution in [0.3, 0.4) is 0 Å². The number of fused-ring (bicyclic) bond motifs is 1. The lowest BCUT2D eigenvalue weighted by molar-refractivity contribution is 0.0709. The molecular weight excluding hydrogens is 566 g/mol. The first-order valence-electron chi connectivity index (χ1n) is 17.2. The number of carbonyl (C=O) groups excluding carboxylic acids is 1. The Morgan fingerprint density at radius 3 is 2.48 bits per heavy atom. The van der Waals surface area contributed by atoms with Gasteiger partial charge < -0.3 is 20.9 Å². The molecule has 1 aromatic heterocycles. The molecule has 1 amide bonds. The number of aryl methyl sites for hydroxylation is 2. The van der Waals surface area contributed by atoms with Crippen LogP contribution in [0.1, 0.15) is 93.5 Å². The second-order valence-corrected chi connectivity index (χ2v) is 12.3. The fraction of sp³-hybridized carbons (Fsp3) is 0.450. The summed E-state index contributed by atoms with van der Waals surface area (Å²) >= 11 is 0. The summed E-state index contributed by atoms with van der Waals surface area (Å²) < 4.78 is 0. The lowest BCUT2D eigenvalue weighted by Crippen LogP contribution is -2.45. The van der Waals surface area contributed by atoms with Gasteiger partial charge in [0.1, 0.15) is 0 Å². The highest BCUT2D eigenvalue weighted by molar-refractivity contribution is 5.97. The fourth-order valence-electron chi connectivity index (χ4n) is 6.10. The van der Waals surface area contributed by atoms with E-state index in [2.05, 4.69) is 99.2 Å². The Morgan fingerprint density at radius 1 is 1.09 bits per heavy atom. The largest absolute Gasteiger partial charge is 0.382 e. The fourth-order valence-corrected chi connectivity index (χ4v) is 6.10. The average molecular weight is 624 g/mol. The van der Waals surface area contributed by atoms with Gasteiger partial charge in [0, 0.05) is 55.4 Å². The normalized spacial score (nSPS) is 17.0. The molecule has 3 N–H and O–H groups in total. The van der Waals surface area contributed by atoms with Crippen molar-refractivity contribution in [2.45, 2.75) is 87.1 Å². The summed E-state index contributed by atoms with van der Waals surface area (Å²) in [5.41, 5.74) is 16.3. The van der Waals surface area contributed by atoms with Gasteiger partial charge in [-0.2, -0.15) is 0 Å². The first-order valence-corrected chi connectivity index (χ1v) is 17.2. The number of anilines is 2. The molecule has 0 radical (unpaired) electrons. The van der Waals surface area contributed by atoms with Crippen LogP contribution in [0.4, 0.5) is 11.4 Å². The summed E-state index contributed by atoms with van der Waals surface area (Å²) in [4.78, 5) is 21.8. The standard InChI is InChI=1S/C28H36N4O.C10H15N.C2H6/c1-5-26(20(3)15-22-10-7-6-9-19(22)2)32-14-12-30-25-17-23(16-21(4)27(25)32)28(33)31-13-8-11-24(29)18-31;1-3-9(2)8-10-6-4-5-7-11-10;1-2/h5-7,9-10,15-17,24,30H,8,11-14,18,29H2,1-4H3;4-7,9H,3,8H2,1-2H3;1-2H3/b20-15+,26-5-;;. The Bertz CT molecular complexity index is 1460. The molecule has 0 saturated carbocycles. The van der Waals surface area contributed by atoms with Crippen LogP contribution in [-0.4, -0.2) is 48.0 Å². The summed E-state index contributed by atoms with van der Waals surface area (Å²) in [5.74, 6) is 0.835. The minimum Gasteiger partial charge on any atom is -0.382 e. The van der Waals surface area contributed by atoms with E-state index in [1.54, 1.807) is 0 Å². The molecule has 1 fully saturated rings. The van der Waals surface area contributed by atoms with Gasteiger partial charge in [0.25, 0.3) is 5.91 Å². The molecular formula is C40H57N5O. The van der Waals surface area contributed by atoms with Gasteiger partial charge in [-0.05, 0) is 105 Å². The summed E-state index contributed by atoms with van der Waals surface area (Å²) in [6.07, 6.45) is 10.6. The molecule has 2 aromatic carbocycles. The number of rotatable bonds is 7. The predicted octanol–water partition coefficient (Wildman–Crippen LogP) is 8.80. The van der Waals surface area contributed by atoms with Gasteiger partial charge in [-0.25, -0.2) is 0 Å². The maximum absolute atomic E-state index is 13.2. The lowest BCUT2D eigenvalue weighted by atomic mass is 9.99. The molecule has 5 rings (SSSR count). The van der Waals surface area contributed by atoms with Crippen molar-refractivity contribution < 1.29 is 4.79 Å². The van der Waals surface area contributed by atoms with Crippen molar-refractivity contribution in [3.05, 3.63) is 106 Å². The van der Waals surface area contributed by atoms with Gasteiger partial charge in [0.15, 0.2) is 0 Å². The van der Waals surface area contributed by atoms with E-state index in [9.17, 15) is 4.79 Å². The highest BCUT2D eigenvalue weighted by Gasteiger charge is 2.27. The van der Waals surface area contributed by atoms with E-state index in [0.717, 1.165) is 67.3 Å². The molecule has 2 aliphatic rings. The third-order valence-electron chi connectivity index (χ3n) is 8.72. The number of likely N-dealkylation sites (tertiary alicyclic amines) is 1. The number of benzene rings is 2. The molecule has 0 bridgehead atoms. The predicted molar refractivity (Wildman–Crippen MR) is 197 cm³/mol. The van der Waals surface area contributed by atoms with E-state index < -0.39 is 0 Å². The number of nitrogens with zero attached hydrogens (tertiary/aromatic N) is 3. The van der Waals surface area contributed by atoms with Crippen LogP contribution in [-0.2, 0) is 6.42 Å². The van der Waals surface area contributed by atoms with Gasteiger partial charge in [0.2, 0.25) is 0 Å². The first-order chi connectivity index (χ1) is 22.2. The molecule has 2 aliphatic heterocycles. The number of nitrogens with one attached hydrogen (secondary N) is 1. The number of allylic oxidation sites excluding steroid dienone is 2. The third-order valence-corrected chi connectivity index (χ3v) is 8.72. The van der Waals surface area contributed by atoms with Gasteiger partial charge in [-0.3, -0.25) is 9.78 Å². The number of piperidine rings is 1. The zero-order valence-electron chi connectivity index (χ0n) is 29.6. The zero-order chi connectivity index (χ0) is 33.6. The number of hydrogen-bond acceptors (Lipinski definition) is 5. The lowest BCUT2D eigenvalue weighted by Gasteiger charge is -2.36. The smallest absolute Gasteiger partial charge is 0.253 e. The molecule has 0 spiro atoms. The van der Waals surface area contributed by atoms with Crippen molar-refractivity contribution in [3.63, 3.8) is 0 Å². The molecule has 248 valence electrons. The highest BCUT2D eigenvalue weighted by Crippen LogP contribution is 2.38. The number of hydrogen-bond donors (Lipinski definition) is 2. The van der Waals surface area contributed by atoms with Crippen molar-refractivity contribution in [3.8, 4) is 0 Å². The number of amides is 1. The molecule has 6 nitrogen and oxygen atoms in total. The van der Waals surface area contributed by atoms with Crippen LogP contribution in [0.5, 0.6) is 0 Å². The zero-order valence-corrected chi connectivity index (χ0v) is 29.6. The van der Waals surface area contributed by atoms with Crippen LogP contribution in [0.2, 0.25) is 0 Å². The van der Waals surface area contributed by atoms with Crippen molar-refractivity contribution in [2.75, 3.05) is 36.4 Å². The van der Waals surface area contributed by atoms with Crippen molar-refractivity contribution in [1.29, 1.82) is 0 Å². The SMILES string of the molecule is C/C=C(/C(C)=C/c1ccccc1C)N1CCNc2cc(C(=O)N3CCCC(N)C3)cc(C)c21.CC.CCC(C)Cc1ccccn1. The van der Waals surface area contributed by atoms with Crippen molar-refractivity contribution >= 4 is 23.4 Å². The van der Waals surface area contributed by atoms with E-state index in [4.69, 9.17) is 5.73 Å². The van der Waals surface area contributed by atoms with Crippen LogP contribution in [0.15, 0.2) is 78.1 Å². The topological polar surface area (TPSA) is 74.5 Å². The number of aromatic nitrogens is 1. The summed E-state index contributed by atoms with van der Waals surface area (Å²) in [5, 5.41) is 3.53. The molecule has 0 aliphatic carbocycles. The van der Waals surface area contributed by atoms with Gasteiger partial charge in [-0.1, -0.05) is 70.5 Å². The summed E-state index contributed by atoms with van der Waals surface area (Å²) in [6, 6.07) is 18.7. The van der Waals surface area contributed by atoms with E-state index in [0.29, 0.717) is 6.54 Å². The maximum atomic E-state index is 13.2. The van der Waals surface area contributed by atoms with Gasteiger partial charge >= 0.3 is 0 Å². The minimum atomic E-state index is 0.0790. The van der Waals surface area contributed by atoms with Crippen LogP contribution >= 0.6 is 0 Å². The second kappa shape index (κ2) is 18.3. The summed E-state index contributed by atoms with van der Waals surface area (Å²) in [6.45, 7) is 20.1. The Balaban J connectivity index is 0.000000373. The second-order valence-electron chi connectivity index (χ2n) is 12.3. The van der Waals surface area contributed by atoms with E-state index >= 15 is 0 Å². The van der Waals surface area contributed by atoms with E-state index in [-0.39, 0.29) is 11.9 Å². The monoisotopic (exact) mass is 623 g/mol. The molecule has 2 atom stereocenters. The Labute approximate surface area is 278 Å².